The highest BCUT2D eigenvalue weighted by Crippen LogP contribution is 2.32. The number of hydrogen-bond acceptors (Lipinski definition) is 5. The van der Waals surface area contributed by atoms with Gasteiger partial charge < -0.3 is 9.15 Å². The lowest BCUT2D eigenvalue weighted by molar-refractivity contribution is 0.120. The molecule has 26 heavy (non-hydrogen) atoms. The normalized spacial score (nSPS) is 17.0. The number of para-hydroxylation sites is 1. The Morgan fingerprint density at radius 1 is 1.04 bits per heavy atom. The van der Waals surface area contributed by atoms with Gasteiger partial charge in [0, 0.05) is 19.5 Å². The van der Waals surface area contributed by atoms with E-state index in [0.717, 1.165) is 31.7 Å². The topological polar surface area (TPSA) is 51.4 Å². The highest BCUT2D eigenvalue weighted by Gasteiger charge is 2.31. The van der Waals surface area contributed by atoms with Crippen molar-refractivity contribution >= 4 is 0 Å². The molecule has 5 nitrogen and oxygen atoms in total. The minimum Gasteiger partial charge on any atom is -0.492 e. The molecule has 1 unspecified atom stereocenters. The first-order valence-electron chi connectivity index (χ1n) is 9.14. The van der Waals surface area contributed by atoms with E-state index < -0.39 is 0 Å². The largest absolute Gasteiger partial charge is 0.492 e. The maximum Gasteiger partial charge on any atom is 0.233 e. The predicted molar refractivity (Wildman–Crippen MR) is 98.9 cm³/mol. The van der Waals surface area contributed by atoms with Gasteiger partial charge in [0.05, 0.1) is 6.04 Å². The standard InChI is InChI=1S/C21H23N3O2/c1-2-20-22-23-21(26-20)19-14-16-8-6-7-9-17(16)15-24(19)12-13-25-18-10-4-3-5-11-18/h3-11,19H,2,12-15H2,1H3. The van der Waals surface area contributed by atoms with Gasteiger partial charge in [-0.1, -0.05) is 49.4 Å². The van der Waals surface area contributed by atoms with E-state index in [2.05, 4.69) is 39.4 Å². The first-order valence-corrected chi connectivity index (χ1v) is 9.14. The summed E-state index contributed by atoms with van der Waals surface area (Å²) in [5.74, 6) is 2.29. The van der Waals surface area contributed by atoms with Crippen molar-refractivity contribution in [3.05, 3.63) is 77.5 Å². The van der Waals surface area contributed by atoms with Crippen molar-refractivity contribution in [1.82, 2.24) is 15.1 Å². The number of ether oxygens (including phenoxy) is 1. The first kappa shape index (κ1) is 16.8. The number of hydrogen-bond donors (Lipinski definition) is 0. The van der Waals surface area contributed by atoms with Gasteiger partial charge in [-0.25, -0.2) is 0 Å². The third-order valence-corrected chi connectivity index (χ3v) is 4.81. The van der Waals surface area contributed by atoms with Gasteiger partial charge >= 0.3 is 0 Å². The van der Waals surface area contributed by atoms with Gasteiger partial charge in [-0.05, 0) is 29.7 Å². The maximum absolute atomic E-state index is 5.90. The number of benzene rings is 2. The van der Waals surface area contributed by atoms with E-state index in [0.29, 0.717) is 18.4 Å². The second-order valence-corrected chi connectivity index (χ2v) is 6.51. The molecule has 1 aromatic heterocycles. The molecule has 4 rings (SSSR count). The summed E-state index contributed by atoms with van der Waals surface area (Å²) in [7, 11) is 0. The monoisotopic (exact) mass is 349 g/mol. The van der Waals surface area contributed by atoms with Crippen LogP contribution in [0.3, 0.4) is 0 Å². The van der Waals surface area contributed by atoms with Crippen LogP contribution in [-0.2, 0) is 19.4 Å². The summed E-state index contributed by atoms with van der Waals surface area (Å²) in [6.45, 7) is 4.32. The fourth-order valence-corrected chi connectivity index (χ4v) is 3.40. The molecular formula is C21H23N3O2. The number of rotatable bonds is 6. The SMILES string of the molecule is CCc1nnc(C2Cc3ccccc3CN2CCOc2ccccc2)o1. The Morgan fingerprint density at radius 2 is 1.81 bits per heavy atom. The van der Waals surface area contributed by atoms with Crippen LogP contribution in [0, 0.1) is 0 Å². The van der Waals surface area contributed by atoms with E-state index in [9.17, 15) is 0 Å². The summed E-state index contributed by atoms with van der Waals surface area (Å²) < 4.78 is 11.8. The van der Waals surface area contributed by atoms with Gasteiger partial charge in [-0.15, -0.1) is 10.2 Å². The molecule has 0 radical (unpaired) electrons. The molecule has 0 saturated carbocycles. The summed E-state index contributed by atoms with van der Waals surface area (Å²) >= 11 is 0. The highest BCUT2D eigenvalue weighted by molar-refractivity contribution is 5.31. The van der Waals surface area contributed by atoms with Gasteiger partial charge in [0.15, 0.2) is 0 Å². The fraction of sp³-hybridized carbons (Fsp3) is 0.333. The summed E-state index contributed by atoms with van der Waals surface area (Å²) in [4.78, 5) is 2.37. The maximum atomic E-state index is 5.90. The molecule has 0 saturated heterocycles. The van der Waals surface area contributed by atoms with Crippen LogP contribution in [0.4, 0.5) is 0 Å². The third kappa shape index (κ3) is 3.63. The van der Waals surface area contributed by atoms with Crippen LogP contribution in [-0.4, -0.2) is 28.2 Å². The van der Waals surface area contributed by atoms with E-state index in [4.69, 9.17) is 9.15 Å². The van der Waals surface area contributed by atoms with E-state index >= 15 is 0 Å². The smallest absolute Gasteiger partial charge is 0.233 e. The zero-order valence-corrected chi connectivity index (χ0v) is 15.0. The van der Waals surface area contributed by atoms with Crippen LogP contribution in [0.1, 0.15) is 35.9 Å². The molecule has 2 aromatic carbocycles. The Labute approximate surface area is 153 Å². The van der Waals surface area contributed by atoms with Crippen molar-refractivity contribution in [2.45, 2.75) is 32.4 Å². The Hall–Kier alpha value is -2.66. The van der Waals surface area contributed by atoms with Crippen molar-refractivity contribution in [3.63, 3.8) is 0 Å². The first-order chi connectivity index (χ1) is 12.8. The quantitative estimate of drug-likeness (QED) is 0.677. The van der Waals surface area contributed by atoms with Crippen molar-refractivity contribution < 1.29 is 9.15 Å². The van der Waals surface area contributed by atoms with Gasteiger partial charge in [-0.3, -0.25) is 4.90 Å². The highest BCUT2D eigenvalue weighted by atomic mass is 16.5. The fourth-order valence-electron chi connectivity index (χ4n) is 3.40. The zero-order chi connectivity index (χ0) is 17.8. The van der Waals surface area contributed by atoms with Crippen LogP contribution in [0.2, 0.25) is 0 Å². The predicted octanol–water partition coefficient (Wildman–Crippen LogP) is 3.81. The average molecular weight is 349 g/mol. The molecule has 5 heteroatoms. The van der Waals surface area contributed by atoms with Gasteiger partial charge in [0.25, 0.3) is 0 Å². The van der Waals surface area contributed by atoms with Crippen molar-refractivity contribution in [3.8, 4) is 5.75 Å². The Morgan fingerprint density at radius 3 is 2.58 bits per heavy atom. The summed E-state index contributed by atoms with van der Waals surface area (Å²) in [6, 6.07) is 18.6. The Bertz CT molecular complexity index is 847. The number of aromatic nitrogens is 2. The third-order valence-electron chi connectivity index (χ3n) is 4.81. The molecule has 0 bridgehead atoms. The number of nitrogens with zero attached hydrogens (tertiary/aromatic N) is 3. The summed E-state index contributed by atoms with van der Waals surface area (Å²) in [5.41, 5.74) is 2.72. The lowest BCUT2D eigenvalue weighted by Gasteiger charge is -2.34. The summed E-state index contributed by atoms with van der Waals surface area (Å²) in [5, 5.41) is 8.45. The van der Waals surface area contributed by atoms with Crippen LogP contribution in [0.5, 0.6) is 5.75 Å². The minimum atomic E-state index is 0.0945. The van der Waals surface area contributed by atoms with E-state index in [-0.39, 0.29) is 6.04 Å². The van der Waals surface area contributed by atoms with Crippen molar-refractivity contribution in [1.29, 1.82) is 0 Å². The molecule has 2 heterocycles. The molecule has 1 atom stereocenters. The van der Waals surface area contributed by atoms with Crippen LogP contribution < -0.4 is 4.74 Å². The Balaban J connectivity index is 1.51. The molecule has 0 spiro atoms. The lowest BCUT2D eigenvalue weighted by Crippen LogP contribution is -2.37. The molecule has 0 N–H and O–H groups in total. The molecule has 1 aliphatic heterocycles. The molecule has 3 aromatic rings. The van der Waals surface area contributed by atoms with Crippen molar-refractivity contribution in [2.24, 2.45) is 0 Å². The Kier molecular flexibility index (Phi) is 4.97. The van der Waals surface area contributed by atoms with Gasteiger partial charge in [0.1, 0.15) is 12.4 Å². The molecular weight excluding hydrogens is 326 g/mol. The number of fused-ring (bicyclic) bond motifs is 1. The number of aryl methyl sites for hydroxylation is 1. The molecule has 0 aliphatic carbocycles. The molecule has 134 valence electrons. The molecule has 0 fully saturated rings. The van der Waals surface area contributed by atoms with Gasteiger partial charge in [-0.2, -0.15) is 0 Å². The van der Waals surface area contributed by atoms with Gasteiger partial charge in [0.2, 0.25) is 11.8 Å². The molecule has 1 aliphatic rings. The summed E-state index contributed by atoms with van der Waals surface area (Å²) in [6.07, 6.45) is 1.64. The van der Waals surface area contributed by atoms with Crippen LogP contribution >= 0.6 is 0 Å². The van der Waals surface area contributed by atoms with E-state index in [1.54, 1.807) is 0 Å². The van der Waals surface area contributed by atoms with Crippen LogP contribution in [0.25, 0.3) is 0 Å². The van der Waals surface area contributed by atoms with Crippen molar-refractivity contribution in [2.75, 3.05) is 13.2 Å². The average Bonchev–Trinajstić information content (AvgIpc) is 3.17. The second-order valence-electron chi connectivity index (χ2n) is 6.51. The van der Waals surface area contributed by atoms with E-state index in [1.165, 1.54) is 11.1 Å². The molecule has 0 amide bonds. The van der Waals surface area contributed by atoms with E-state index in [1.807, 2.05) is 37.3 Å². The lowest BCUT2D eigenvalue weighted by atomic mass is 9.94. The van der Waals surface area contributed by atoms with Crippen LogP contribution in [0.15, 0.2) is 59.0 Å². The zero-order valence-electron chi connectivity index (χ0n) is 15.0. The minimum absolute atomic E-state index is 0.0945. The second kappa shape index (κ2) is 7.70.